The van der Waals surface area contributed by atoms with Crippen molar-refractivity contribution in [1.82, 2.24) is 10.2 Å². The van der Waals surface area contributed by atoms with E-state index in [2.05, 4.69) is 17.1 Å². The number of nitrogens with zero attached hydrogens (tertiary/aromatic N) is 1. The van der Waals surface area contributed by atoms with Crippen molar-refractivity contribution in [2.45, 2.75) is 51.2 Å². The molecule has 1 saturated carbocycles. The predicted octanol–water partition coefficient (Wildman–Crippen LogP) is 1.24. The molecule has 2 unspecified atom stereocenters. The monoisotopic (exact) mass is 282 g/mol. The summed E-state index contributed by atoms with van der Waals surface area (Å²) in [5.41, 5.74) is 0.392. The summed E-state index contributed by atoms with van der Waals surface area (Å²) in [6.07, 6.45) is 5.92. The number of aliphatic hydroxyl groups is 1. The third-order valence-electron chi connectivity index (χ3n) is 5.40. The number of likely N-dealkylation sites (tertiary alicyclic amines) is 1. The lowest BCUT2D eigenvalue weighted by Gasteiger charge is -2.44. The smallest absolute Gasteiger partial charge is 0.0590 e. The molecule has 4 heteroatoms. The molecule has 3 aliphatic rings. The van der Waals surface area contributed by atoms with Crippen LogP contribution in [0.3, 0.4) is 0 Å². The first kappa shape index (κ1) is 14.8. The van der Waals surface area contributed by atoms with Crippen molar-refractivity contribution in [2.75, 3.05) is 39.4 Å². The first-order valence-electron chi connectivity index (χ1n) is 8.38. The van der Waals surface area contributed by atoms with Crippen LogP contribution in [0.15, 0.2) is 0 Å². The maximum atomic E-state index is 9.89. The van der Waals surface area contributed by atoms with Gasteiger partial charge in [-0.15, -0.1) is 0 Å². The molecule has 2 heterocycles. The average molecular weight is 282 g/mol. The van der Waals surface area contributed by atoms with Crippen LogP contribution >= 0.6 is 0 Å². The molecular formula is C16H30N2O2. The molecule has 0 aromatic heterocycles. The fourth-order valence-corrected chi connectivity index (χ4v) is 3.68. The van der Waals surface area contributed by atoms with Crippen molar-refractivity contribution in [3.8, 4) is 0 Å². The summed E-state index contributed by atoms with van der Waals surface area (Å²) in [6, 6.07) is 0.789. The van der Waals surface area contributed by atoms with Crippen LogP contribution in [0.25, 0.3) is 0 Å². The van der Waals surface area contributed by atoms with E-state index in [1.54, 1.807) is 0 Å². The van der Waals surface area contributed by atoms with Crippen LogP contribution in [0.5, 0.6) is 0 Å². The molecule has 0 aromatic rings. The molecule has 3 rings (SSSR count). The van der Waals surface area contributed by atoms with Gasteiger partial charge in [-0.3, -0.25) is 0 Å². The Balaban J connectivity index is 1.56. The van der Waals surface area contributed by atoms with Crippen LogP contribution in [-0.4, -0.2) is 61.5 Å². The Morgan fingerprint density at radius 3 is 2.65 bits per heavy atom. The van der Waals surface area contributed by atoms with Crippen LogP contribution < -0.4 is 5.32 Å². The highest BCUT2D eigenvalue weighted by Crippen LogP contribution is 2.33. The van der Waals surface area contributed by atoms with Gasteiger partial charge in [0.25, 0.3) is 0 Å². The van der Waals surface area contributed by atoms with E-state index in [0.717, 1.165) is 45.3 Å². The highest BCUT2D eigenvalue weighted by atomic mass is 16.5. The fraction of sp³-hybridized carbons (Fsp3) is 1.00. The van der Waals surface area contributed by atoms with Gasteiger partial charge >= 0.3 is 0 Å². The number of rotatable bonds is 5. The van der Waals surface area contributed by atoms with Crippen molar-refractivity contribution in [3.05, 3.63) is 0 Å². The van der Waals surface area contributed by atoms with Crippen molar-refractivity contribution in [1.29, 1.82) is 0 Å². The summed E-state index contributed by atoms with van der Waals surface area (Å²) >= 11 is 0. The van der Waals surface area contributed by atoms with Crippen molar-refractivity contribution in [2.24, 2.45) is 11.3 Å². The van der Waals surface area contributed by atoms with Gasteiger partial charge in [0.05, 0.1) is 6.10 Å². The topological polar surface area (TPSA) is 44.7 Å². The number of piperidine rings is 1. The summed E-state index contributed by atoms with van der Waals surface area (Å²) in [4.78, 5) is 2.58. The fourth-order valence-electron chi connectivity index (χ4n) is 3.68. The van der Waals surface area contributed by atoms with Gasteiger partial charge in [0.15, 0.2) is 0 Å². The number of hydrogen-bond donors (Lipinski definition) is 2. The molecule has 2 saturated heterocycles. The Morgan fingerprint density at radius 2 is 2.00 bits per heavy atom. The van der Waals surface area contributed by atoms with Gasteiger partial charge in [0, 0.05) is 45.4 Å². The minimum absolute atomic E-state index is 0.0959. The SMILES string of the molecule is CC1CN(CC2(CNC3CC3)CCOCC2)CCC1O. The van der Waals surface area contributed by atoms with Crippen molar-refractivity contribution in [3.63, 3.8) is 0 Å². The molecule has 0 amide bonds. The van der Waals surface area contributed by atoms with E-state index < -0.39 is 0 Å². The van der Waals surface area contributed by atoms with Crippen LogP contribution in [0.2, 0.25) is 0 Å². The second kappa shape index (κ2) is 6.30. The van der Waals surface area contributed by atoms with Crippen LogP contribution in [-0.2, 0) is 4.74 Å². The molecular weight excluding hydrogens is 252 g/mol. The maximum absolute atomic E-state index is 9.89. The highest BCUT2D eigenvalue weighted by molar-refractivity contribution is 4.92. The third-order valence-corrected chi connectivity index (χ3v) is 5.40. The Morgan fingerprint density at radius 1 is 1.25 bits per heavy atom. The zero-order valence-corrected chi connectivity index (χ0v) is 12.8. The standard InChI is InChI=1S/C16H30N2O2/c1-13-10-18(7-4-15(13)19)12-16(5-8-20-9-6-16)11-17-14-2-3-14/h13-15,17,19H,2-12H2,1H3. The summed E-state index contributed by atoms with van der Waals surface area (Å²) < 4.78 is 5.59. The molecule has 1 aliphatic carbocycles. The Hall–Kier alpha value is -0.160. The summed E-state index contributed by atoms with van der Waals surface area (Å²) in [7, 11) is 0. The van der Waals surface area contributed by atoms with E-state index in [-0.39, 0.29) is 6.10 Å². The highest BCUT2D eigenvalue weighted by Gasteiger charge is 2.37. The number of ether oxygens (including phenoxy) is 1. The third kappa shape index (κ3) is 3.73. The van der Waals surface area contributed by atoms with E-state index in [1.165, 1.54) is 32.2 Å². The van der Waals surface area contributed by atoms with Crippen molar-refractivity contribution >= 4 is 0 Å². The van der Waals surface area contributed by atoms with Gasteiger partial charge in [-0.1, -0.05) is 6.92 Å². The van der Waals surface area contributed by atoms with Gasteiger partial charge < -0.3 is 20.1 Å². The molecule has 0 spiro atoms. The number of nitrogens with one attached hydrogen (secondary N) is 1. The van der Waals surface area contributed by atoms with Crippen molar-refractivity contribution < 1.29 is 9.84 Å². The van der Waals surface area contributed by atoms with Gasteiger partial charge in [-0.2, -0.15) is 0 Å². The van der Waals surface area contributed by atoms with Crippen LogP contribution in [0, 0.1) is 11.3 Å². The molecule has 4 nitrogen and oxygen atoms in total. The molecule has 20 heavy (non-hydrogen) atoms. The van der Waals surface area contributed by atoms with Crippen LogP contribution in [0.4, 0.5) is 0 Å². The summed E-state index contributed by atoms with van der Waals surface area (Å²) in [5, 5.41) is 13.6. The minimum atomic E-state index is -0.0959. The van der Waals surface area contributed by atoms with Gasteiger partial charge in [0.1, 0.15) is 0 Å². The van der Waals surface area contributed by atoms with Gasteiger partial charge in [-0.05, 0) is 43.4 Å². The second-order valence-corrected chi connectivity index (χ2v) is 7.34. The molecule has 116 valence electrons. The molecule has 2 atom stereocenters. The minimum Gasteiger partial charge on any atom is -0.393 e. The predicted molar refractivity (Wildman–Crippen MR) is 79.7 cm³/mol. The zero-order valence-electron chi connectivity index (χ0n) is 12.8. The number of aliphatic hydroxyl groups excluding tert-OH is 1. The Bertz CT molecular complexity index is 314. The average Bonchev–Trinajstić information content (AvgIpc) is 3.26. The van der Waals surface area contributed by atoms with E-state index in [4.69, 9.17) is 4.74 Å². The lowest BCUT2D eigenvalue weighted by Crippen LogP contribution is -2.51. The quantitative estimate of drug-likeness (QED) is 0.796. The molecule has 3 fully saturated rings. The first-order chi connectivity index (χ1) is 9.67. The van der Waals surface area contributed by atoms with E-state index in [0.29, 0.717) is 11.3 Å². The normalized spacial score (nSPS) is 35.1. The molecule has 0 aromatic carbocycles. The Kier molecular flexibility index (Phi) is 4.65. The largest absolute Gasteiger partial charge is 0.393 e. The zero-order chi connectivity index (χ0) is 14.0. The second-order valence-electron chi connectivity index (χ2n) is 7.34. The lowest BCUT2D eigenvalue weighted by atomic mass is 9.78. The van der Waals surface area contributed by atoms with E-state index in [9.17, 15) is 5.11 Å². The van der Waals surface area contributed by atoms with Gasteiger partial charge in [0.2, 0.25) is 0 Å². The van der Waals surface area contributed by atoms with Crippen LogP contribution in [0.1, 0.15) is 39.0 Å². The molecule has 0 radical (unpaired) electrons. The van der Waals surface area contributed by atoms with Gasteiger partial charge in [-0.25, -0.2) is 0 Å². The maximum Gasteiger partial charge on any atom is 0.0590 e. The molecule has 0 bridgehead atoms. The first-order valence-corrected chi connectivity index (χ1v) is 8.38. The Labute approximate surface area is 122 Å². The summed E-state index contributed by atoms with van der Waals surface area (Å²) in [6.45, 7) is 8.43. The van der Waals surface area contributed by atoms with E-state index >= 15 is 0 Å². The number of hydrogen-bond acceptors (Lipinski definition) is 4. The molecule has 2 N–H and O–H groups in total. The molecule has 2 aliphatic heterocycles. The lowest BCUT2D eigenvalue weighted by molar-refractivity contribution is -0.0273. The van der Waals surface area contributed by atoms with E-state index in [1.807, 2.05) is 0 Å². The summed E-state index contributed by atoms with van der Waals surface area (Å²) in [5.74, 6) is 0.414.